The second kappa shape index (κ2) is 5.03. The van der Waals surface area contributed by atoms with Crippen molar-refractivity contribution in [1.82, 2.24) is 15.2 Å². The smallest absolute Gasteiger partial charge is 0.127 e. The number of hydrazine groups is 1. The average Bonchev–Trinajstić information content (AvgIpc) is 2.86. The SMILES string of the molecule is Cn1nccc1C(NN)c1cccc2c1OCCC2. The number of para-hydroxylation sites is 1. The van der Waals surface area contributed by atoms with Crippen LogP contribution in [0.1, 0.15) is 29.3 Å². The van der Waals surface area contributed by atoms with Gasteiger partial charge in [-0.05, 0) is 24.5 Å². The minimum Gasteiger partial charge on any atom is -0.493 e. The van der Waals surface area contributed by atoms with Crippen molar-refractivity contribution in [2.45, 2.75) is 18.9 Å². The molecule has 0 saturated carbocycles. The maximum atomic E-state index is 5.85. The van der Waals surface area contributed by atoms with E-state index in [1.54, 1.807) is 6.20 Å². The minimum absolute atomic E-state index is 0.111. The van der Waals surface area contributed by atoms with Crippen molar-refractivity contribution in [2.75, 3.05) is 6.61 Å². The molecule has 3 rings (SSSR count). The molecule has 2 aromatic rings. The van der Waals surface area contributed by atoms with Gasteiger partial charge in [0.15, 0.2) is 0 Å². The molecule has 1 aromatic heterocycles. The zero-order chi connectivity index (χ0) is 13.2. The van der Waals surface area contributed by atoms with Crippen molar-refractivity contribution in [1.29, 1.82) is 0 Å². The molecular formula is C14H18N4O. The number of benzene rings is 1. The number of hydrogen-bond acceptors (Lipinski definition) is 4. The quantitative estimate of drug-likeness (QED) is 0.643. The summed E-state index contributed by atoms with van der Waals surface area (Å²) in [6, 6.07) is 8.09. The Morgan fingerprint density at radius 3 is 3.05 bits per heavy atom. The van der Waals surface area contributed by atoms with Gasteiger partial charge in [0.2, 0.25) is 0 Å². The van der Waals surface area contributed by atoms with Gasteiger partial charge in [-0.1, -0.05) is 18.2 Å². The highest BCUT2D eigenvalue weighted by Gasteiger charge is 2.23. The normalized spacial score (nSPS) is 15.7. The Balaban J connectivity index is 2.07. The molecule has 1 aliphatic heterocycles. The lowest BCUT2D eigenvalue weighted by atomic mass is 9.96. The van der Waals surface area contributed by atoms with Crippen LogP contribution >= 0.6 is 0 Å². The Morgan fingerprint density at radius 2 is 2.32 bits per heavy atom. The van der Waals surface area contributed by atoms with Crippen LogP contribution in [0.2, 0.25) is 0 Å². The maximum absolute atomic E-state index is 5.85. The number of fused-ring (bicyclic) bond motifs is 1. The number of aryl methyl sites for hydroxylation is 2. The summed E-state index contributed by atoms with van der Waals surface area (Å²) in [5, 5.41) is 4.20. The number of hydrogen-bond donors (Lipinski definition) is 2. The van der Waals surface area contributed by atoms with E-state index in [0.717, 1.165) is 36.5 Å². The van der Waals surface area contributed by atoms with Crippen molar-refractivity contribution >= 4 is 0 Å². The van der Waals surface area contributed by atoms with Gasteiger partial charge < -0.3 is 4.74 Å². The fourth-order valence-corrected chi connectivity index (χ4v) is 2.64. The van der Waals surface area contributed by atoms with Gasteiger partial charge in [-0.2, -0.15) is 5.10 Å². The molecule has 0 bridgehead atoms. The van der Waals surface area contributed by atoms with Gasteiger partial charge in [0, 0.05) is 18.8 Å². The van der Waals surface area contributed by atoms with Crippen LogP contribution in [0, 0.1) is 0 Å². The van der Waals surface area contributed by atoms with Gasteiger partial charge in [-0.3, -0.25) is 10.5 Å². The highest BCUT2D eigenvalue weighted by molar-refractivity contribution is 5.46. The lowest BCUT2D eigenvalue weighted by Crippen LogP contribution is -2.31. The Labute approximate surface area is 112 Å². The molecule has 0 saturated heterocycles. The molecule has 0 aliphatic carbocycles. The molecule has 5 heteroatoms. The summed E-state index contributed by atoms with van der Waals surface area (Å²) < 4.78 is 7.68. The second-order valence-corrected chi connectivity index (χ2v) is 4.77. The van der Waals surface area contributed by atoms with Crippen LogP contribution in [0.25, 0.3) is 0 Å². The largest absolute Gasteiger partial charge is 0.493 e. The van der Waals surface area contributed by atoms with E-state index >= 15 is 0 Å². The first-order valence-electron chi connectivity index (χ1n) is 6.50. The summed E-state index contributed by atoms with van der Waals surface area (Å²) in [6.07, 6.45) is 3.91. The van der Waals surface area contributed by atoms with Gasteiger partial charge in [0.1, 0.15) is 5.75 Å². The zero-order valence-corrected chi connectivity index (χ0v) is 11.0. The molecule has 19 heavy (non-hydrogen) atoms. The van der Waals surface area contributed by atoms with Crippen LogP contribution in [0.5, 0.6) is 5.75 Å². The first-order chi connectivity index (χ1) is 9.31. The van der Waals surface area contributed by atoms with Crippen molar-refractivity contribution in [3.63, 3.8) is 0 Å². The molecule has 100 valence electrons. The van der Waals surface area contributed by atoms with E-state index in [1.165, 1.54) is 5.56 Å². The third kappa shape index (κ3) is 2.11. The molecular weight excluding hydrogens is 240 g/mol. The van der Waals surface area contributed by atoms with Crippen molar-refractivity contribution < 1.29 is 4.74 Å². The van der Waals surface area contributed by atoms with E-state index in [2.05, 4.69) is 28.7 Å². The van der Waals surface area contributed by atoms with Crippen molar-refractivity contribution in [3.8, 4) is 5.75 Å². The number of aromatic nitrogens is 2. The third-order valence-electron chi connectivity index (χ3n) is 3.60. The van der Waals surface area contributed by atoms with Crippen molar-refractivity contribution in [2.24, 2.45) is 12.9 Å². The Morgan fingerprint density at radius 1 is 1.42 bits per heavy atom. The van der Waals surface area contributed by atoms with Crippen LogP contribution in [0.4, 0.5) is 0 Å². The van der Waals surface area contributed by atoms with Crippen LogP contribution in [0.15, 0.2) is 30.5 Å². The monoisotopic (exact) mass is 258 g/mol. The average molecular weight is 258 g/mol. The van der Waals surface area contributed by atoms with E-state index < -0.39 is 0 Å². The summed E-state index contributed by atoms with van der Waals surface area (Å²) in [6.45, 7) is 0.771. The third-order valence-corrected chi connectivity index (χ3v) is 3.60. The van der Waals surface area contributed by atoms with Gasteiger partial charge >= 0.3 is 0 Å². The molecule has 0 radical (unpaired) electrons. The molecule has 0 amide bonds. The van der Waals surface area contributed by atoms with Gasteiger partial charge in [0.25, 0.3) is 0 Å². The molecule has 2 heterocycles. The molecule has 5 nitrogen and oxygen atoms in total. The molecule has 3 N–H and O–H groups in total. The van der Waals surface area contributed by atoms with Crippen LogP contribution in [-0.4, -0.2) is 16.4 Å². The fraction of sp³-hybridized carbons (Fsp3) is 0.357. The molecule has 0 spiro atoms. The topological polar surface area (TPSA) is 65.1 Å². The number of rotatable bonds is 3. The van der Waals surface area contributed by atoms with Gasteiger partial charge in [-0.15, -0.1) is 0 Å². The second-order valence-electron chi connectivity index (χ2n) is 4.77. The molecule has 0 fully saturated rings. The summed E-state index contributed by atoms with van der Waals surface area (Å²) in [4.78, 5) is 0. The van der Waals surface area contributed by atoms with E-state index in [1.807, 2.05) is 17.8 Å². The zero-order valence-electron chi connectivity index (χ0n) is 11.0. The summed E-state index contributed by atoms with van der Waals surface area (Å²) in [5.74, 6) is 6.72. The van der Waals surface area contributed by atoms with E-state index in [-0.39, 0.29) is 6.04 Å². The van der Waals surface area contributed by atoms with Crippen LogP contribution < -0.4 is 16.0 Å². The molecule has 1 aromatic carbocycles. The number of ether oxygens (including phenoxy) is 1. The number of nitrogens with one attached hydrogen (secondary N) is 1. The van der Waals surface area contributed by atoms with E-state index in [9.17, 15) is 0 Å². The summed E-state index contributed by atoms with van der Waals surface area (Å²) >= 11 is 0. The standard InChI is InChI=1S/C14H18N4O/c1-18-12(7-8-16-18)13(17-15)11-6-2-4-10-5-3-9-19-14(10)11/h2,4,6-8,13,17H,3,5,9,15H2,1H3. The molecule has 1 aliphatic rings. The predicted molar refractivity (Wildman–Crippen MR) is 72.6 cm³/mol. The highest BCUT2D eigenvalue weighted by Crippen LogP contribution is 2.35. The lowest BCUT2D eigenvalue weighted by Gasteiger charge is -2.25. The number of nitrogens with two attached hydrogens (primary N) is 1. The molecule has 1 atom stereocenters. The lowest BCUT2D eigenvalue weighted by molar-refractivity contribution is 0.282. The summed E-state index contributed by atoms with van der Waals surface area (Å²) in [7, 11) is 1.91. The maximum Gasteiger partial charge on any atom is 0.127 e. The highest BCUT2D eigenvalue weighted by atomic mass is 16.5. The number of nitrogens with zero attached hydrogens (tertiary/aromatic N) is 2. The van der Waals surface area contributed by atoms with E-state index in [4.69, 9.17) is 10.6 Å². The van der Waals surface area contributed by atoms with Crippen molar-refractivity contribution in [3.05, 3.63) is 47.3 Å². The molecule has 1 unspecified atom stereocenters. The first-order valence-corrected chi connectivity index (χ1v) is 6.50. The summed E-state index contributed by atoms with van der Waals surface area (Å²) in [5.41, 5.74) is 6.22. The fourth-order valence-electron chi connectivity index (χ4n) is 2.64. The van der Waals surface area contributed by atoms with Gasteiger partial charge in [-0.25, -0.2) is 5.43 Å². The van der Waals surface area contributed by atoms with Crippen LogP contribution in [-0.2, 0) is 13.5 Å². The Kier molecular flexibility index (Phi) is 3.23. The predicted octanol–water partition coefficient (Wildman–Crippen LogP) is 1.30. The van der Waals surface area contributed by atoms with E-state index in [0.29, 0.717) is 0 Å². The Bertz CT molecular complexity index is 579. The van der Waals surface area contributed by atoms with Crippen LogP contribution in [0.3, 0.4) is 0 Å². The first kappa shape index (κ1) is 12.2. The Hall–Kier alpha value is -1.85. The van der Waals surface area contributed by atoms with Gasteiger partial charge in [0.05, 0.1) is 18.3 Å². The minimum atomic E-state index is -0.111.